The molecule has 5 heteroatoms. The molecule has 0 aromatic heterocycles. The molecule has 0 spiro atoms. The van der Waals surface area contributed by atoms with Crippen LogP contribution in [-0.4, -0.2) is 28.2 Å². The molecule has 94 valence electrons. The van der Waals surface area contributed by atoms with Gasteiger partial charge in [-0.05, 0) is 26.0 Å². The average molecular weight is 258 g/mol. The van der Waals surface area contributed by atoms with Crippen molar-refractivity contribution in [2.45, 2.75) is 18.6 Å². The molecule has 0 saturated heterocycles. The van der Waals surface area contributed by atoms with Crippen LogP contribution >= 0.6 is 11.8 Å². The predicted octanol–water partition coefficient (Wildman–Crippen LogP) is 2.80. The van der Waals surface area contributed by atoms with Crippen molar-refractivity contribution in [3.63, 3.8) is 0 Å². The van der Waals surface area contributed by atoms with E-state index in [1.165, 1.54) is 17.8 Å². The number of para-hydroxylation sites is 1. The molecule has 1 aromatic carbocycles. The van der Waals surface area contributed by atoms with E-state index < -0.39 is 16.5 Å². The predicted molar refractivity (Wildman–Crippen MR) is 66.1 cm³/mol. The van der Waals surface area contributed by atoms with Gasteiger partial charge in [0.1, 0.15) is 4.75 Å². The molecule has 0 radical (unpaired) electrons. The SMILES string of the molecule is CC(C)(SCCOc1ccccc1F)C(=O)O. The molecule has 0 aliphatic carbocycles. The third kappa shape index (κ3) is 4.26. The lowest BCUT2D eigenvalue weighted by atomic mass is 10.2. The number of aliphatic carboxylic acids is 1. The topological polar surface area (TPSA) is 46.5 Å². The van der Waals surface area contributed by atoms with Crippen LogP contribution in [0, 0.1) is 5.82 Å². The number of thioether (sulfide) groups is 1. The van der Waals surface area contributed by atoms with Crippen molar-refractivity contribution in [3.8, 4) is 5.75 Å². The van der Waals surface area contributed by atoms with Gasteiger partial charge in [0.05, 0.1) is 6.61 Å². The van der Waals surface area contributed by atoms with Crippen LogP contribution in [0.25, 0.3) is 0 Å². The maximum Gasteiger partial charge on any atom is 0.319 e. The molecule has 0 saturated carbocycles. The van der Waals surface area contributed by atoms with E-state index in [0.29, 0.717) is 5.75 Å². The van der Waals surface area contributed by atoms with E-state index >= 15 is 0 Å². The second-order valence-corrected chi connectivity index (χ2v) is 5.66. The third-order valence-corrected chi connectivity index (χ3v) is 3.42. The molecule has 0 bridgehead atoms. The molecule has 0 amide bonds. The fraction of sp³-hybridized carbons (Fsp3) is 0.417. The number of carboxylic acid groups (broad SMARTS) is 1. The van der Waals surface area contributed by atoms with Crippen LogP contribution in [0.4, 0.5) is 4.39 Å². The number of carboxylic acids is 1. The van der Waals surface area contributed by atoms with Crippen molar-refractivity contribution in [2.75, 3.05) is 12.4 Å². The van der Waals surface area contributed by atoms with E-state index in [1.54, 1.807) is 32.0 Å². The first kappa shape index (κ1) is 13.8. The number of hydrogen-bond donors (Lipinski definition) is 1. The first-order valence-electron chi connectivity index (χ1n) is 5.18. The van der Waals surface area contributed by atoms with Crippen LogP contribution in [0.2, 0.25) is 0 Å². The summed E-state index contributed by atoms with van der Waals surface area (Å²) in [6, 6.07) is 6.14. The largest absolute Gasteiger partial charge is 0.490 e. The first-order chi connectivity index (χ1) is 7.93. The lowest BCUT2D eigenvalue weighted by molar-refractivity contribution is -0.138. The van der Waals surface area contributed by atoms with Gasteiger partial charge in [-0.15, -0.1) is 11.8 Å². The van der Waals surface area contributed by atoms with Crippen molar-refractivity contribution in [3.05, 3.63) is 30.1 Å². The van der Waals surface area contributed by atoms with E-state index in [1.807, 2.05) is 0 Å². The number of carbonyl (C=O) groups is 1. The molecule has 1 rings (SSSR count). The maximum absolute atomic E-state index is 13.2. The molecule has 0 heterocycles. The minimum atomic E-state index is -0.867. The number of hydrogen-bond acceptors (Lipinski definition) is 3. The highest BCUT2D eigenvalue weighted by molar-refractivity contribution is 8.01. The van der Waals surface area contributed by atoms with Crippen LogP contribution in [-0.2, 0) is 4.79 Å². The van der Waals surface area contributed by atoms with E-state index in [4.69, 9.17) is 9.84 Å². The second kappa shape index (κ2) is 5.91. The van der Waals surface area contributed by atoms with Crippen LogP contribution in [0.3, 0.4) is 0 Å². The lowest BCUT2D eigenvalue weighted by Crippen LogP contribution is -2.28. The molecule has 0 fully saturated rings. The smallest absolute Gasteiger partial charge is 0.319 e. The maximum atomic E-state index is 13.2. The fourth-order valence-electron chi connectivity index (χ4n) is 1.07. The Morgan fingerprint density at radius 3 is 2.71 bits per heavy atom. The first-order valence-corrected chi connectivity index (χ1v) is 6.17. The fourth-order valence-corrected chi connectivity index (χ4v) is 1.87. The van der Waals surface area contributed by atoms with Crippen molar-refractivity contribution < 1.29 is 19.0 Å². The molecule has 1 N–H and O–H groups in total. The molecule has 3 nitrogen and oxygen atoms in total. The van der Waals surface area contributed by atoms with Gasteiger partial charge in [0, 0.05) is 5.75 Å². The molecule has 1 aromatic rings. The molecule has 0 aliphatic heterocycles. The molecule has 0 unspecified atom stereocenters. The average Bonchev–Trinajstić information content (AvgIpc) is 2.26. The molecule has 0 atom stereocenters. The normalized spacial score (nSPS) is 11.2. The van der Waals surface area contributed by atoms with Gasteiger partial charge in [-0.3, -0.25) is 4.79 Å². The summed E-state index contributed by atoms with van der Waals surface area (Å²) >= 11 is 1.26. The van der Waals surface area contributed by atoms with Gasteiger partial charge in [0.15, 0.2) is 11.6 Å². The minimum absolute atomic E-state index is 0.196. The van der Waals surface area contributed by atoms with E-state index in [2.05, 4.69) is 0 Å². The standard InChI is InChI=1S/C12H15FO3S/c1-12(2,11(14)15)17-8-7-16-10-6-4-3-5-9(10)13/h3-6H,7-8H2,1-2H3,(H,14,15). The zero-order valence-electron chi connectivity index (χ0n) is 9.77. The van der Waals surface area contributed by atoms with Crippen molar-refractivity contribution in [1.82, 2.24) is 0 Å². The van der Waals surface area contributed by atoms with Crippen LogP contribution in [0.1, 0.15) is 13.8 Å². The number of halogens is 1. The van der Waals surface area contributed by atoms with Gasteiger partial charge >= 0.3 is 5.97 Å². The summed E-state index contributed by atoms with van der Waals surface area (Å²) in [5, 5.41) is 8.88. The Morgan fingerprint density at radius 1 is 1.47 bits per heavy atom. The van der Waals surface area contributed by atoms with Crippen LogP contribution < -0.4 is 4.74 Å². The highest BCUT2D eigenvalue weighted by atomic mass is 32.2. The van der Waals surface area contributed by atoms with Gasteiger partial charge in [-0.25, -0.2) is 4.39 Å². The Bertz CT molecular complexity index is 393. The summed E-state index contributed by atoms with van der Waals surface area (Å²) in [5.74, 6) is -0.585. The third-order valence-electron chi connectivity index (χ3n) is 2.16. The number of ether oxygens (including phenoxy) is 1. The molecule has 17 heavy (non-hydrogen) atoms. The summed E-state index contributed by atoms with van der Waals surface area (Å²) in [6.45, 7) is 3.54. The zero-order valence-corrected chi connectivity index (χ0v) is 10.6. The Balaban J connectivity index is 2.35. The zero-order chi connectivity index (χ0) is 12.9. The highest BCUT2D eigenvalue weighted by Gasteiger charge is 2.27. The Morgan fingerprint density at radius 2 is 2.12 bits per heavy atom. The van der Waals surface area contributed by atoms with Crippen molar-refractivity contribution in [1.29, 1.82) is 0 Å². The van der Waals surface area contributed by atoms with Crippen molar-refractivity contribution >= 4 is 17.7 Å². The van der Waals surface area contributed by atoms with Gasteiger partial charge in [-0.1, -0.05) is 12.1 Å². The summed E-state index contributed by atoms with van der Waals surface area (Å²) in [6.07, 6.45) is 0. The van der Waals surface area contributed by atoms with Gasteiger partial charge in [0.2, 0.25) is 0 Å². The monoisotopic (exact) mass is 258 g/mol. The second-order valence-electron chi connectivity index (χ2n) is 3.94. The van der Waals surface area contributed by atoms with Crippen LogP contribution in [0.5, 0.6) is 5.75 Å². The molecule has 0 aliphatic rings. The van der Waals surface area contributed by atoms with Crippen LogP contribution in [0.15, 0.2) is 24.3 Å². The quantitative estimate of drug-likeness (QED) is 0.797. The van der Waals surface area contributed by atoms with Gasteiger partial charge in [-0.2, -0.15) is 0 Å². The molecular weight excluding hydrogens is 243 g/mol. The summed E-state index contributed by atoms with van der Waals surface area (Å²) in [4.78, 5) is 10.8. The highest BCUT2D eigenvalue weighted by Crippen LogP contribution is 2.24. The Hall–Kier alpha value is -1.23. The van der Waals surface area contributed by atoms with Crippen molar-refractivity contribution in [2.24, 2.45) is 0 Å². The molecular formula is C12H15FO3S. The van der Waals surface area contributed by atoms with E-state index in [-0.39, 0.29) is 12.4 Å². The number of rotatable bonds is 6. The van der Waals surface area contributed by atoms with E-state index in [0.717, 1.165) is 0 Å². The lowest BCUT2D eigenvalue weighted by Gasteiger charge is -2.18. The van der Waals surface area contributed by atoms with Gasteiger partial charge in [0.25, 0.3) is 0 Å². The van der Waals surface area contributed by atoms with Gasteiger partial charge < -0.3 is 9.84 Å². The Labute approximate surface area is 104 Å². The van der Waals surface area contributed by atoms with E-state index in [9.17, 15) is 9.18 Å². The Kier molecular flexibility index (Phi) is 4.81. The summed E-state index contributed by atoms with van der Waals surface area (Å²) < 4.78 is 17.5. The summed E-state index contributed by atoms with van der Waals surface area (Å²) in [7, 11) is 0. The minimum Gasteiger partial charge on any atom is -0.490 e. The number of benzene rings is 1. The summed E-state index contributed by atoms with van der Waals surface area (Å²) in [5.41, 5.74) is 0.